The van der Waals surface area contributed by atoms with E-state index in [1.54, 1.807) is 16.9 Å². The number of aryl methyl sites for hydroxylation is 1. The number of aromatic nitrogens is 3. The van der Waals surface area contributed by atoms with Crippen LogP contribution >= 0.6 is 0 Å². The van der Waals surface area contributed by atoms with Gasteiger partial charge >= 0.3 is 0 Å². The standard InChI is InChI=1S/C9H9N3/c1-12-7-9(10-11-12)8-5-3-2-4-6-8/h2-7H,1H3/i5D. The summed E-state index contributed by atoms with van der Waals surface area (Å²) in [5.74, 6) is 0. The summed E-state index contributed by atoms with van der Waals surface area (Å²) in [5, 5.41) is 7.76. The summed E-state index contributed by atoms with van der Waals surface area (Å²) in [5.41, 5.74) is 1.56. The van der Waals surface area contributed by atoms with Gasteiger partial charge in [0.05, 0.1) is 7.57 Å². The monoisotopic (exact) mass is 160 g/mol. The number of benzene rings is 1. The van der Waals surface area contributed by atoms with Crippen molar-refractivity contribution in [2.45, 2.75) is 0 Å². The number of hydrogen-bond acceptors (Lipinski definition) is 2. The Balaban J connectivity index is 2.52. The van der Waals surface area contributed by atoms with Crippen molar-refractivity contribution < 1.29 is 1.37 Å². The van der Waals surface area contributed by atoms with E-state index in [2.05, 4.69) is 10.3 Å². The van der Waals surface area contributed by atoms with E-state index in [0.29, 0.717) is 6.04 Å². The molecule has 0 fully saturated rings. The molecule has 2 rings (SSSR count). The molecule has 3 nitrogen and oxygen atoms in total. The molecule has 0 aliphatic heterocycles. The van der Waals surface area contributed by atoms with Gasteiger partial charge in [0.25, 0.3) is 0 Å². The zero-order chi connectivity index (χ0) is 9.26. The third-order valence-electron chi connectivity index (χ3n) is 1.59. The minimum absolute atomic E-state index is 0.475. The molecule has 0 bridgehead atoms. The van der Waals surface area contributed by atoms with Gasteiger partial charge in [0.15, 0.2) is 0 Å². The van der Waals surface area contributed by atoms with Crippen LogP contribution in [0.5, 0.6) is 0 Å². The van der Waals surface area contributed by atoms with Gasteiger partial charge in [0.2, 0.25) is 0 Å². The maximum Gasteiger partial charge on any atom is 0.113 e. The largest absolute Gasteiger partial charge is 0.255 e. The van der Waals surface area contributed by atoms with Crippen molar-refractivity contribution in [3.8, 4) is 11.3 Å². The van der Waals surface area contributed by atoms with Gasteiger partial charge in [-0.25, -0.2) is 0 Å². The highest BCUT2D eigenvalue weighted by molar-refractivity contribution is 5.56. The average Bonchev–Trinajstić information content (AvgIpc) is 2.53. The van der Waals surface area contributed by atoms with Gasteiger partial charge in [-0.2, -0.15) is 0 Å². The molecule has 0 aliphatic rings. The Kier molecular flexibility index (Phi) is 1.37. The zero-order valence-electron chi connectivity index (χ0n) is 7.73. The molecular formula is C9H9N3. The van der Waals surface area contributed by atoms with Gasteiger partial charge < -0.3 is 0 Å². The molecular weight excluding hydrogens is 150 g/mol. The first-order chi connectivity index (χ1) is 6.27. The lowest BCUT2D eigenvalue weighted by atomic mass is 10.2. The first kappa shape index (κ1) is 5.94. The van der Waals surface area contributed by atoms with Crippen molar-refractivity contribution in [1.29, 1.82) is 0 Å². The second-order valence-electron chi connectivity index (χ2n) is 2.55. The van der Waals surface area contributed by atoms with Crippen LogP contribution in [-0.2, 0) is 7.05 Å². The molecule has 1 aromatic carbocycles. The number of nitrogens with zero attached hydrogens (tertiary/aromatic N) is 3. The molecule has 0 aliphatic carbocycles. The highest BCUT2D eigenvalue weighted by atomic mass is 15.4. The predicted molar refractivity (Wildman–Crippen MR) is 46.4 cm³/mol. The van der Waals surface area contributed by atoms with Crippen molar-refractivity contribution in [1.82, 2.24) is 15.0 Å². The topological polar surface area (TPSA) is 30.7 Å². The van der Waals surface area contributed by atoms with E-state index in [0.717, 1.165) is 11.3 Å². The third kappa shape index (κ3) is 1.21. The highest BCUT2D eigenvalue weighted by Crippen LogP contribution is 2.13. The lowest BCUT2D eigenvalue weighted by Gasteiger charge is -1.91. The molecule has 12 heavy (non-hydrogen) atoms. The van der Waals surface area contributed by atoms with Gasteiger partial charge in [0.1, 0.15) is 5.69 Å². The van der Waals surface area contributed by atoms with Crippen LogP contribution in [0.3, 0.4) is 0 Å². The van der Waals surface area contributed by atoms with E-state index in [-0.39, 0.29) is 0 Å². The summed E-state index contributed by atoms with van der Waals surface area (Å²) in [6.07, 6.45) is 1.80. The molecule has 0 atom stereocenters. The summed E-state index contributed by atoms with van der Waals surface area (Å²) in [6.45, 7) is 0. The number of rotatable bonds is 1. The Morgan fingerprint density at radius 2 is 2.33 bits per heavy atom. The molecule has 0 saturated carbocycles. The third-order valence-corrected chi connectivity index (χ3v) is 1.59. The van der Waals surface area contributed by atoms with Gasteiger partial charge in [-0.1, -0.05) is 35.5 Å². The summed E-state index contributed by atoms with van der Waals surface area (Å²) in [7, 11) is 1.81. The molecule has 60 valence electrons. The summed E-state index contributed by atoms with van der Waals surface area (Å²) >= 11 is 0. The molecule has 0 unspecified atom stereocenters. The normalized spacial score (nSPS) is 11.2. The fourth-order valence-corrected chi connectivity index (χ4v) is 1.02. The molecule has 0 amide bonds. The Morgan fingerprint density at radius 3 is 3.00 bits per heavy atom. The van der Waals surface area contributed by atoms with Gasteiger partial charge in [-0.3, -0.25) is 4.68 Å². The van der Waals surface area contributed by atoms with Crippen molar-refractivity contribution >= 4 is 0 Å². The SMILES string of the molecule is [2H]c1ccccc1-c1cn(C)nn1. The fourth-order valence-electron chi connectivity index (χ4n) is 1.02. The molecule has 3 heteroatoms. The first-order valence-electron chi connectivity index (χ1n) is 4.20. The average molecular weight is 160 g/mol. The van der Waals surface area contributed by atoms with Crippen molar-refractivity contribution in [2.75, 3.05) is 0 Å². The summed E-state index contributed by atoms with van der Waals surface area (Å²) < 4.78 is 9.27. The van der Waals surface area contributed by atoms with E-state index in [4.69, 9.17) is 1.37 Å². The van der Waals surface area contributed by atoms with Crippen LogP contribution in [0.15, 0.2) is 36.5 Å². The molecule has 1 heterocycles. The highest BCUT2D eigenvalue weighted by Gasteiger charge is 1.98. The van der Waals surface area contributed by atoms with Crippen LogP contribution < -0.4 is 0 Å². The predicted octanol–water partition coefficient (Wildman–Crippen LogP) is 1.48. The van der Waals surface area contributed by atoms with Crippen LogP contribution in [0.4, 0.5) is 0 Å². The smallest absolute Gasteiger partial charge is 0.113 e. The fraction of sp³-hybridized carbons (Fsp3) is 0.111. The van der Waals surface area contributed by atoms with Crippen LogP contribution in [0.2, 0.25) is 0 Å². The van der Waals surface area contributed by atoms with Crippen molar-refractivity contribution in [3.05, 3.63) is 36.5 Å². The van der Waals surface area contributed by atoms with E-state index >= 15 is 0 Å². The zero-order valence-corrected chi connectivity index (χ0v) is 6.73. The summed E-state index contributed by atoms with van der Waals surface area (Å²) in [6, 6.07) is 7.81. The number of hydrogen-bond donors (Lipinski definition) is 0. The Morgan fingerprint density at radius 1 is 1.42 bits per heavy atom. The van der Waals surface area contributed by atoms with E-state index < -0.39 is 0 Å². The van der Waals surface area contributed by atoms with E-state index in [1.807, 2.05) is 25.2 Å². The lowest BCUT2D eigenvalue weighted by molar-refractivity contribution is 0.715. The van der Waals surface area contributed by atoms with Gasteiger partial charge in [-0.05, 0) is 0 Å². The molecule has 0 saturated heterocycles. The van der Waals surface area contributed by atoms with Crippen LogP contribution in [0, 0.1) is 0 Å². The molecule has 1 aromatic heterocycles. The van der Waals surface area contributed by atoms with Crippen LogP contribution in [0.25, 0.3) is 11.3 Å². The van der Waals surface area contributed by atoms with Crippen molar-refractivity contribution in [2.24, 2.45) is 7.05 Å². The molecule has 0 radical (unpaired) electrons. The molecule has 2 aromatic rings. The molecule has 0 N–H and O–H groups in total. The van der Waals surface area contributed by atoms with E-state index in [9.17, 15) is 0 Å². The first-order valence-corrected chi connectivity index (χ1v) is 3.70. The Hall–Kier alpha value is -1.64. The maximum atomic E-state index is 7.64. The Bertz CT molecular complexity index is 422. The van der Waals surface area contributed by atoms with Gasteiger partial charge in [0, 0.05) is 12.6 Å². The second kappa shape index (κ2) is 2.77. The minimum Gasteiger partial charge on any atom is -0.255 e. The van der Waals surface area contributed by atoms with E-state index in [1.165, 1.54) is 0 Å². The summed E-state index contributed by atoms with van der Waals surface area (Å²) in [4.78, 5) is 0. The minimum atomic E-state index is 0.475. The van der Waals surface area contributed by atoms with Crippen LogP contribution in [0.1, 0.15) is 1.37 Å². The second-order valence-corrected chi connectivity index (χ2v) is 2.55. The van der Waals surface area contributed by atoms with Crippen molar-refractivity contribution in [3.63, 3.8) is 0 Å². The molecule has 0 spiro atoms. The van der Waals surface area contributed by atoms with Crippen LogP contribution in [-0.4, -0.2) is 15.0 Å². The van der Waals surface area contributed by atoms with Gasteiger partial charge in [-0.15, -0.1) is 5.10 Å². The Labute approximate surface area is 72.1 Å². The lowest BCUT2D eigenvalue weighted by Crippen LogP contribution is -1.85. The quantitative estimate of drug-likeness (QED) is 0.632. The maximum absolute atomic E-state index is 7.64.